The van der Waals surface area contributed by atoms with E-state index in [1.54, 1.807) is 0 Å². The van der Waals surface area contributed by atoms with E-state index in [9.17, 15) is 4.79 Å². The van der Waals surface area contributed by atoms with Crippen LogP contribution in [-0.4, -0.2) is 26.4 Å². The number of anilines is 1. The van der Waals surface area contributed by atoms with Crippen LogP contribution in [0.5, 0.6) is 5.75 Å². The summed E-state index contributed by atoms with van der Waals surface area (Å²) in [6, 6.07) is 15.6. The number of amides is 1. The van der Waals surface area contributed by atoms with Gasteiger partial charge in [0.25, 0.3) is 0 Å². The van der Waals surface area contributed by atoms with Crippen LogP contribution < -0.4 is 10.1 Å². The first-order valence-corrected chi connectivity index (χ1v) is 10.0. The van der Waals surface area contributed by atoms with E-state index in [2.05, 4.69) is 15.5 Å². The maximum absolute atomic E-state index is 12.2. The summed E-state index contributed by atoms with van der Waals surface area (Å²) in [5.74, 6) is 1.68. The van der Waals surface area contributed by atoms with Crippen molar-refractivity contribution in [2.45, 2.75) is 32.0 Å². The number of nitrogens with one attached hydrogen (secondary N) is 1. The average Bonchev–Trinajstić information content (AvgIpc) is 3.04. The minimum absolute atomic E-state index is 0.0761. The summed E-state index contributed by atoms with van der Waals surface area (Å²) in [7, 11) is 1.88. The molecule has 0 radical (unpaired) electrons. The van der Waals surface area contributed by atoms with Crippen LogP contribution in [0.4, 0.5) is 5.69 Å². The highest BCUT2D eigenvalue weighted by Gasteiger charge is 2.18. The zero-order chi connectivity index (χ0) is 20.1. The van der Waals surface area contributed by atoms with E-state index >= 15 is 0 Å². The second kappa shape index (κ2) is 8.93. The molecule has 1 aromatic heterocycles. The Morgan fingerprint density at radius 2 is 1.86 bits per heavy atom. The molecule has 0 aliphatic heterocycles. The molecule has 0 saturated carbocycles. The van der Waals surface area contributed by atoms with E-state index in [4.69, 9.17) is 4.74 Å². The Bertz CT molecular complexity index is 953. The number of rotatable bonds is 7. The summed E-state index contributed by atoms with van der Waals surface area (Å²) in [5.41, 5.74) is 3.04. The Kier molecular flexibility index (Phi) is 6.36. The lowest BCUT2D eigenvalue weighted by atomic mass is 10.2. The van der Waals surface area contributed by atoms with Crippen molar-refractivity contribution >= 4 is 23.4 Å². The van der Waals surface area contributed by atoms with Crippen LogP contribution in [0.25, 0.3) is 0 Å². The molecule has 3 rings (SSSR count). The van der Waals surface area contributed by atoms with Crippen LogP contribution in [0, 0.1) is 13.8 Å². The number of carbonyl (C=O) groups excluding carboxylic acids is 1. The van der Waals surface area contributed by atoms with Crippen molar-refractivity contribution in [3.63, 3.8) is 0 Å². The first-order chi connectivity index (χ1) is 13.4. The number of ether oxygens (including phenoxy) is 1. The van der Waals surface area contributed by atoms with Crippen LogP contribution in [0.3, 0.4) is 0 Å². The predicted molar refractivity (Wildman–Crippen MR) is 112 cm³/mol. The van der Waals surface area contributed by atoms with Gasteiger partial charge in [-0.2, -0.15) is 0 Å². The van der Waals surface area contributed by atoms with Crippen LogP contribution in [0.2, 0.25) is 0 Å². The third-order valence-corrected chi connectivity index (χ3v) is 5.34. The van der Waals surface area contributed by atoms with Gasteiger partial charge in [-0.1, -0.05) is 47.7 Å². The maximum atomic E-state index is 12.2. The Morgan fingerprint density at radius 1 is 1.14 bits per heavy atom. The molecule has 1 amide bonds. The molecule has 2 aromatic carbocycles. The van der Waals surface area contributed by atoms with Gasteiger partial charge >= 0.3 is 0 Å². The van der Waals surface area contributed by atoms with Crippen molar-refractivity contribution in [3.8, 4) is 5.75 Å². The van der Waals surface area contributed by atoms with E-state index in [0.29, 0.717) is 11.0 Å². The van der Waals surface area contributed by atoms with Gasteiger partial charge in [0.2, 0.25) is 5.91 Å². The van der Waals surface area contributed by atoms with Gasteiger partial charge in [0.05, 0.1) is 5.75 Å². The predicted octanol–water partition coefficient (Wildman–Crippen LogP) is 4.30. The fourth-order valence-corrected chi connectivity index (χ4v) is 3.43. The van der Waals surface area contributed by atoms with Crippen LogP contribution in [0.1, 0.15) is 30.0 Å². The summed E-state index contributed by atoms with van der Waals surface area (Å²) in [6.07, 6.45) is -0.254. The zero-order valence-electron chi connectivity index (χ0n) is 16.5. The van der Waals surface area contributed by atoms with Gasteiger partial charge in [-0.25, -0.2) is 0 Å². The molecule has 3 aromatic rings. The molecule has 0 spiro atoms. The molecular formula is C21H24N4O2S. The fourth-order valence-electron chi connectivity index (χ4n) is 2.71. The number of thioether (sulfide) groups is 1. The lowest BCUT2D eigenvalue weighted by Crippen LogP contribution is -2.15. The number of benzene rings is 2. The van der Waals surface area contributed by atoms with Gasteiger partial charge in [-0.3, -0.25) is 4.79 Å². The second-order valence-electron chi connectivity index (χ2n) is 6.62. The summed E-state index contributed by atoms with van der Waals surface area (Å²) in [5, 5.41) is 12.0. The van der Waals surface area contributed by atoms with Gasteiger partial charge < -0.3 is 14.6 Å². The van der Waals surface area contributed by atoms with Gasteiger partial charge in [-0.15, -0.1) is 10.2 Å². The van der Waals surface area contributed by atoms with Crippen molar-refractivity contribution in [1.82, 2.24) is 14.8 Å². The molecule has 1 heterocycles. The molecule has 1 atom stereocenters. The Labute approximate surface area is 169 Å². The number of carbonyl (C=O) groups is 1. The zero-order valence-corrected chi connectivity index (χ0v) is 17.3. The lowest BCUT2D eigenvalue weighted by Gasteiger charge is -2.14. The fraction of sp³-hybridized carbons (Fsp3) is 0.286. The maximum Gasteiger partial charge on any atom is 0.234 e. The highest BCUT2D eigenvalue weighted by atomic mass is 32.2. The molecule has 0 saturated heterocycles. The van der Waals surface area contributed by atoms with Crippen molar-refractivity contribution in [2.24, 2.45) is 7.05 Å². The molecule has 0 aliphatic carbocycles. The molecule has 7 heteroatoms. The summed E-state index contributed by atoms with van der Waals surface area (Å²) in [4.78, 5) is 12.2. The van der Waals surface area contributed by atoms with Crippen LogP contribution in [-0.2, 0) is 11.8 Å². The highest BCUT2D eigenvalue weighted by Crippen LogP contribution is 2.24. The van der Waals surface area contributed by atoms with Gasteiger partial charge in [-0.05, 0) is 44.5 Å². The van der Waals surface area contributed by atoms with Crippen molar-refractivity contribution in [1.29, 1.82) is 0 Å². The van der Waals surface area contributed by atoms with E-state index in [0.717, 1.165) is 17.0 Å². The SMILES string of the molecule is Cc1ccc(OC(C)c2nnc(SCC(=O)Nc3ccccc3C)n2C)cc1. The molecule has 6 nitrogen and oxygen atoms in total. The third kappa shape index (κ3) is 4.92. The van der Waals surface area contributed by atoms with E-state index < -0.39 is 0 Å². The van der Waals surface area contributed by atoms with Gasteiger partial charge in [0.1, 0.15) is 5.75 Å². The molecular weight excluding hydrogens is 372 g/mol. The van der Waals surface area contributed by atoms with Crippen LogP contribution >= 0.6 is 11.8 Å². The quantitative estimate of drug-likeness (QED) is 0.603. The molecule has 1 N–H and O–H groups in total. The second-order valence-corrected chi connectivity index (χ2v) is 7.57. The van der Waals surface area contributed by atoms with E-state index in [1.165, 1.54) is 17.3 Å². The first kappa shape index (κ1) is 19.9. The Balaban J connectivity index is 1.58. The number of hydrogen-bond donors (Lipinski definition) is 1. The summed E-state index contributed by atoms with van der Waals surface area (Å²) in [6.45, 7) is 5.94. The number of para-hydroxylation sites is 1. The van der Waals surface area contributed by atoms with Crippen molar-refractivity contribution in [2.75, 3.05) is 11.1 Å². The average molecular weight is 397 g/mol. The topological polar surface area (TPSA) is 69.0 Å². The van der Waals surface area contributed by atoms with Gasteiger partial charge in [0, 0.05) is 12.7 Å². The monoisotopic (exact) mass is 396 g/mol. The molecule has 0 fully saturated rings. The van der Waals surface area contributed by atoms with Crippen molar-refractivity contribution < 1.29 is 9.53 Å². The summed E-state index contributed by atoms with van der Waals surface area (Å²) >= 11 is 1.35. The smallest absolute Gasteiger partial charge is 0.234 e. The van der Waals surface area contributed by atoms with E-state index in [1.807, 2.05) is 80.9 Å². The Morgan fingerprint density at radius 3 is 2.57 bits per heavy atom. The van der Waals surface area contributed by atoms with E-state index in [-0.39, 0.29) is 17.8 Å². The largest absolute Gasteiger partial charge is 0.483 e. The van der Waals surface area contributed by atoms with Crippen LogP contribution in [0.15, 0.2) is 53.7 Å². The molecule has 1 unspecified atom stereocenters. The highest BCUT2D eigenvalue weighted by molar-refractivity contribution is 7.99. The number of hydrogen-bond acceptors (Lipinski definition) is 5. The van der Waals surface area contributed by atoms with Crippen molar-refractivity contribution in [3.05, 3.63) is 65.5 Å². The standard InChI is InChI=1S/C21H24N4O2S/c1-14-9-11-17(12-10-14)27-16(3)20-23-24-21(25(20)4)28-13-19(26)22-18-8-6-5-7-15(18)2/h5-12,16H,13H2,1-4H3,(H,22,26). The molecule has 0 aliphatic rings. The number of nitrogens with zero attached hydrogens (tertiary/aromatic N) is 3. The minimum atomic E-state index is -0.254. The number of aromatic nitrogens is 3. The molecule has 146 valence electrons. The first-order valence-electron chi connectivity index (χ1n) is 9.05. The normalized spacial score (nSPS) is 11.9. The Hall–Kier alpha value is -2.80. The minimum Gasteiger partial charge on any atom is -0.483 e. The third-order valence-electron chi connectivity index (χ3n) is 4.32. The lowest BCUT2D eigenvalue weighted by molar-refractivity contribution is -0.113. The summed E-state index contributed by atoms with van der Waals surface area (Å²) < 4.78 is 7.82. The molecule has 0 bridgehead atoms. The van der Waals surface area contributed by atoms with Gasteiger partial charge in [0.15, 0.2) is 17.1 Å². The molecule has 28 heavy (non-hydrogen) atoms. The number of aryl methyl sites for hydroxylation is 2.